The lowest BCUT2D eigenvalue weighted by Crippen LogP contribution is -2.09. The third-order valence-electron chi connectivity index (χ3n) is 1.60. The molecule has 0 atom stereocenters. The van der Waals surface area contributed by atoms with Gasteiger partial charge in [0, 0.05) is 0 Å². The van der Waals surface area contributed by atoms with Crippen molar-refractivity contribution in [3.05, 3.63) is 29.8 Å². The van der Waals surface area contributed by atoms with Gasteiger partial charge in [-0.1, -0.05) is 28.1 Å². The van der Waals surface area contributed by atoms with Crippen molar-refractivity contribution in [1.29, 1.82) is 0 Å². The van der Waals surface area contributed by atoms with E-state index in [1.807, 2.05) is 0 Å². The largest absolute Gasteiger partial charge is 0.478 e. The zero-order valence-electron chi connectivity index (χ0n) is 6.97. The van der Waals surface area contributed by atoms with E-state index in [1.54, 1.807) is 0 Å². The van der Waals surface area contributed by atoms with Gasteiger partial charge in [-0.2, -0.15) is 0 Å². The molecule has 0 bridgehead atoms. The summed E-state index contributed by atoms with van der Waals surface area (Å²) in [5.41, 5.74) is -0.202. The van der Waals surface area contributed by atoms with E-state index in [9.17, 15) is 13.2 Å². The minimum absolute atomic E-state index is 0.163. The molecule has 0 spiro atoms. The Balaban J connectivity index is 3.42. The van der Waals surface area contributed by atoms with Crippen LogP contribution < -0.4 is 0 Å². The fourth-order valence-corrected chi connectivity index (χ4v) is 2.61. The molecule has 0 aromatic heterocycles. The van der Waals surface area contributed by atoms with Crippen LogP contribution in [-0.2, 0) is 9.84 Å². The van der Waals surface area contributed by atoms with Crippen LogP contribution in [0.2, 0.25) is 0 Å². The Kier molecular flexibility index (Phi) is 3.28. The highest BCUT2D eigenvalue weighted by Gasteiger charge is 2.20. The number of aromatic carboxylic acids is 1. The Bertz CT molecular complexity index is 452. The molecule has 0 aliphatic carbocycles. The molecule has 0 amide bonds. The summed E-state index contributed by atoms with van der Waals surface area (Å²) in [6.45, 7) is 0. The van der Waals surface area contributed by atoms with Crippen LogP contribution in [-0.4, -0.2) is 24.2 Å². The average Bonchev–Trinajstić information content (AvgIpc) is 2.18. The van der Waals surface area contributed by atoms with Crippen LogP contribution in [0, 0.1) is 0 Å². The number of carboxylic acid groups (broad SMARTS) is 1. The van der Waals surface area contributed by atoms with Crippen LogP contribution in [0.4, 0.5) is 0 Å². The maximum atomic E-state index is 11.4. The second-order valence-corrected chi connectivity index (χ2v) is 5.79. The Morgan fingerprint density at radius 2 is 1.93 bits per heavy atom. The van der Waals surface area contributed by atoms with E-state index < -0.39 is 15.8 Å². The van der Waals surface area contributed by atoms with E-state index in [-0.39, 0.29) is 15.1 Å². The first-order valence-corrected chi connectivity index (χ1v) is 6.37. The number of rotatable bonds is 3. The van der Waals surface area contributed by atoms with Crippen molar-refractivity contribution in [1.82, 2.24) is 0 Å². The smallest absolute Gasteiger partial charge is 0.337 e. The van der Waals surface area contributed by atoms with Gasteiger partial charge in [0.15, 0.2) is 9.84 Å². The minimum Gasteiger partial charge on any atom is -0.478 e. The van der Waals surface area contributed by atoms with Crippen molar-refractivity contribution >= 4 is 31.7 Å². The Morgan fingerprint density at radius 3 is 2.43 bits per heavy atom. The number of halogens is 1. The summed E-state index contributed by atoms with van der Waals surface area (Å²) in [4.78, 5) is 10.5. The number of sulfone groups is 1. The van der Waals surface area contributed by atoms with Gasteiger partial charge in [-0.15, -0.1) is 0 Å². The monoisotopic (exact) mass is 278 g/mol. The van der Waals surface area contributed by atoms with E-state index in [0.29, 0.717) is 0 Å². The standard InChI is InChI=1S/C8H7BrO4S/c9-5-14(12,13)7-4-2-1-3-6(7)8(10)11/h1-4H,5H2,(H,10,11). The number of hydrogen-bond acceptors (Lipinski definition) is 3. The summed E-state index contributed by atoms with van der Waals surface area (Å²) in [6, 6.07) is 5.51. The SMILES string of the molecule is O=C(O)c1ccccc1S(=O)(=O)CBr. The molecule has 1 aromatic rings. The normalized spacial score (nSPS) is 11.2. The summed E-state index contributed by atoms with van der Waals surface area (Å²) >= 11 is 2.81. The maximum absolute atomic E-state index is 11.4. The highest BCUT2D eigenvalue weighted by molar-refractivity contribution is 9.10. The fourth-order valence-electron chi connectivity index (χ4n) is 0.973. The first-order valence-electron chi connectivity index (χ1n) is 3.60. The molecule has 1 rings (SSSR count). The van der Waals surface area contributed by atoms with Gasteiger partial charge in [0.2, 0.25) is 0 Å². The van der Waals surface area contributed by atoms with Gasteiger partial charge in [0.1, 0.15) is 4.66 Å². The third kappa shape index (κ3) is 2.13. The Morgan fingerprint density at radius 1 is 1.36 bits per heavy atom. The molecular weight excluding hydrogens is 272 g/mol. The molecule has 1 N–H and O–H groups in total. The second-order valence-electron chi connectivity index (χ2n) is 2.53. The Labute approximate surface area is 89.6 Å². The highest BCUT2D eigenvalue weighted by Crippen LogP contribution is 2.18. The first kappa shape index (κ1) is 11.2. The fraction of sp³-hybridized carbons (Fsp3) is 0.125. The number of hydrogen-bond donors (Lipinski definition) is 1. The van der Waals surface area contributed by atoms with Gasteiger partial charge in [0.25, 0.3) is 0 Å². The van der Waals surface area contributed by atoms with Crippen LogP contribution in [0.5, 0.6) is 0 Å². The van der Waals surface area contributed by atoms with Crippen molar-refractivity contribution in [2.45, 2.75) is 4.90 Å². The third-order valence-corrected chi connectivity index (χ3v) is 4.72. The van der Waals surface area contributed by atoms with Crippen molar-refractivity contribution in [3.63, 3.8) is 0 Å². The van der Waals surface area contributed by atoms with Gasteiger partial charge < -0.3 is 5.11 Å². The lowest BCUT2D eigenvalue weighted by molar-refractivity contribution is 0.0692. The lowest BCUT2D eigenvalue weighted by Gasteiger charge is -2.03. The van der Waals surface area contributed by atoms with Crippen molar-refractivity contribution in [2.24, 2.45) is 0 Å². The van der Waals surface area contributed by atoms with Crippen molar-refractivity contribution in [2.75, 3.05) is 4.66 Å². The molecule has 4 nitrogen and oxygen atoms in total. The van der Waals surface area contributed by atoms with Gasteiger partial charge in [0.05, 0.1) is 10.5 Å². The summed E-state index contributed by atoms with van der Waals surface area (Å²) in [6.07, 6.45) is 0. The summed E-state index contributed by atoms with van der Waals surface area (Å²) in [5.74, 6) is -1.25. The van der Waals surface area contributed by atoms with Crippen LogP contribution >= 0.6 is 15.9 Å². The van der Waals surface area contributed by atoms with Gasteiger partial charge in [-0.3, -0.25) is 0 Å². The van der Waals surface area contributed by atoms with Crippen LogP contribution in [0.25, 0.3) is 0 Å². The molecular formula is C8H7BrO4S. The molecule has 14 heavy (non-hydrogen) atoms. The molecule has 0 fully saturated rings. The number of carbonyl (C=O) groups is 1. The van der Waals surface area contributed by atoms with Gasteiger partial charge in [-0.05, 0) is 12.1 Å². The minimum atomic E-state index is -3.54. The molecule has 1 aromatic carbocycles. The van der Waals surface area contributed by atoms with Crippen molar-refractivity contribution < 1.29 is 18.3 Å². The van der Waals surface area contributed by atoms with Crippen LogP contribution in [0.1, 0.15) is 10.4 Å². The van der Waals surface area contributed by atoms with Gasteiger partial charge >= 0.3 is 5.97 Å². The molecule has 0 radical (unpaired) electrons. The highest BCUT2D eigenvalue weighted by atomic mass is 79.9. The van der Waals surface area contributed by atoms with Gasteiger partial charge in [-0.25, -0.2) is 13.2 Å². The molecule has 0 aliphatic rings. The van der Waals surface area contributed by atoms with E-state index in [0.717, 1.165) is 0 Å². The molecule has 0 heterocycles. The van der Waals surface area contributed by atoms with Crippen LogP contribution in [0.3, 0.4) is 0 Å². The molecule has 0 saturated heterocycles. The van der Waals surface area contributed by atoms with E-state index in [2.05, 4.69) is 15.9 Å². The van der Waals surface area contributed by atoms with Crippen molar-refractivity contribution in [3.8, 4) is 0 Å². The molecule has 0 saturated carbocycles. The number of alkyl halides is 1. The average molecular weight is 279 g/mol. The molecule has 0 aliphatic heterocycles. The molecule has 76 valence electrons. The molecule has 0 unspecified atom stereocenters. The summed E-state index contributed by atoms with van der Waals surface area (Å²) in [7, 11) is -3.54. The topological polar surface area (TPSA) is 71.4 Å². The zero-order valence-corrected chi connectivity index (χ0v) is 9.38. The first-order chi connectivity index (χ1) is 6.49. The lowest BCUT2D eigenvalue weighted by atomic mass is 10.2. The van der Waals surface area contributed by atoms with E-state index in [4.69, 9.17) is 5.11 Å². The number of benzene rings is 1. The summed E-state index contributed by atoms with van der Waals surface area (Å²) < 4.78 is 22.5. The number of carboxylic acids is 1. The van der Waals surface area contributed by atoms with E-state index >= 15 is 0 Å². The zero-order chi connectivity index (χ0) is 10.8. The summed E-state index contributed by atoms with van der Waals surface area (Å²) in [5, 5.41) is 8.74. The second kappa shape index (κ2) is 4.10. The van der Waals surface area contributed by atoms with E-state index in [1.165, 1.54) is 24.3 Å². The predicted octanol–water partition coefficient (Wildman–Crippen LogP) is 1.51. The maximum Gasteiger partial charge on any atom is 0.337 e. The van der Waals surface area contributed by atoms with Crippen LogP contribution in [0.15, 0.2) is 29.2 Å². The quantitative estimate of drug-likeness (QED) is 0.851. The molecule has 6 heteroatoms. The predicted molar refractivity (Wildman–Crippen MR) is 54.4 cm³/mol. The Hall–Kier alpha value is -0.880.